The Hall–Kier alpha value is -1.73. The van der Waals surface area contributed by atoms with Crippen LogP contribution in [-0.2, 0) is 0 Å². The second-order valence-corrected chi connectivity index (χ2v) is 4.61. The van der Waals surface area contributed by atoms with Gasteiger partial charge in [-0.2, -0.15) is 5.26 Å². The topological polar surface area (TPSA) is 39.5 Å². The van der Waals surface area contributed by atoms with Gasteiger partial charge in [-0.1, -0.05) is 12.1 Å². The number of hydrogen-bond donors (Lipinski definition) is 0. The van der Waals surface area contributed by atoms with Crippen LogP contribution in [0.1, 0.15) is 6.42 Å². The molecule has 0 saturated carbocycles. The van der Waals surface area contributed by atoms with Crippen LogP contribution in [0.4, 0.5) is 5.69 Å². The highest BCUT2D eigenvalue weighted by atomic mass is 16.5. The minimum absolute atomic E-state index is 0.300. The van der Waals surface area contributed by atoms with E-state index in [-0.39, 0.29) is 0 Å². The fourth-order valence-electron chi connectivity index (χ4n) is 2.38. The molecule has 1 aromatic rings. The summed E-state index contributed by atoms with van der Waals surface area (Å²) < 4.78 is 5.40. The van der Waals surface area contributed by atoms with Crippen molar-refractivity contribution in [3.8, 4) is 11.8 Å². The van der Waals surface area contributed by atoms with Crippen molar-refractivity contribution >= 4 is 5.69 Å². The first kappa shape index (κ1) is 12.7. The first-order valence-corrected chi connectivity index (χ1v) is 6.21. The zero-order valence-corrected chi connectivity index (χ0v) is 11.0. The van der Waals surface area contributed by atoms with Crippen LogP contribution in [0.5, 0.6) is 5.75 Å². The zero-order chi connectivity index (χ0) is 13.0. The zero-order valence-electron chi connectivity index (χ0n) is 11.0. The number of piperazine rings is 1. The van der Waals surface area contributed by atoms with Crippen LogP contribution in [0.3, 0.4) is 0 Å². The number of para-hydroxylation sites is 2. The Labute approximate surface area is 108 Å². The minimum Gasteiger partial charge on any atom is -0.495 e. The average Bonchev–Trinajstić information content (AvgIpc) is 2.41. The van der Waals surface area contributed by atoms with Crippen LogP contribution in [0.25, 0.3) is 0 Å². The largest absolute Gasteiger partial charge is 0.495 e. The van der Waals surface area contributed by atoms with Crippen LogP contribution in [-0.4, -0.2) is 44.7 Å². The third kappa shape index (κ3) is 2.57. The molecule has 1 unspecified atom stereocenters. The second kappa shape index (κ2) is 5.74. The van der Waals surface area contributed by atoms with Gasteiger partial charge in [-0.3, -0.25) is 4.90 Å². The van der Waals surface area contributed by atoms with Gasteiger partial charge in [-0.15, -0.1) is 0 Å². The maximum absolute atomic E-state index is 8.87. The smallest absolute Gasteiger partial charge is 0.142 e. The Morgan fingerprint density at radius 3 is 2.89 bits per heavy atom. The van der Waals surface area contributed by atoms with Gasteiger partial charge in [-0.25, -0.2) is 0 Å². The first-order chi connectivity index (χ1) is 8.76. The molecule has 4 nitrogen and oxygen atoms in total. The third-order valence-electron chi connectivity index (χ3n) is 3.53. The summed E-state index contributed by atoms with van der Waals surface area (Å²) >= 11 is 0. The Morgan fingerprint density at radius 1 is 1.39 bits per heavy atom. The predicted octanol–water partition coefficient (Wildman–Crippen LogP) is 1.73. The van der Waals surface area contributed by atoms with Gasteiger partial charge in [0, 0.05) is 25.7 Å². The van der Waals surface area contributed by atoms with Crippen molar-refractivity contribution in [2.75, 3.05) is 38.7 Å². The van der Waals surface area contributed by atoms with Crippen LogP contribution in [0.2, 0.25) is 0 Å². The number of methoxy groups -OCH3 is 1. The SMILES string of the molecule is COc1ccccc1N1CCN(C)C(CC#N)C1. The molecule has 96 valence electrons. The van der Waals surface area contributed by atoms with E-state index in [0.717, 1.165) is 31.1 Å². The lowest BCUT2D eigenvalue weighted by molar-refractivity contribution is 0.221. The van der Waals surface area contributed by atoms with E-state index in [0.29, 0.717) is 12.5 Å². The van der Waals surface area contributed by atoms with Gasteiger partial charge in [0.2, 0.25) is 0 Å². The Kier molecular flexibility index (Phi) is 4.06. The van der Waals surface area contributed by atoms with Gasteiger partial charge in [0.15, 0.2) is 0 Å². The lowest BCUT2D eigenvalue weighted by Gasteiger charge is -2.40. The standard InChI is InChI=1S/C14H19N3O/c1-16-9-10-17(11-12(16)7-8-15)13-5-3-4-6-14(13)18-2/h3-6,12H,7,9-11H2,1-2H3. The summed E-state index contributed by atoms with van der Waals surface area (Å²) in [4.78, 5) is 4.57. The molecule has 1 aliphatic rings. The van der Waals surface area contributed by atoms with E-state index in [2.05, 4.69) is 29.0 Å². The van der Waals surface area contributed by atoms with Crippen LogP contribution in [0, 0.1) is 11.3 Å². The van der Waals surface area contributed by atoms with Crippen molar-refractivity contribution in [3.05, 3.63) is 24.3 Å². The van der Waals surface area contributed by atoms with Crippen molar-refractivity contribution in [1.29, 1.82) is 5.26 Å². The van der Waals surface area contributed by atoms with Gasteiger partial charge >= 0.3 is 0 Å². The third-order valence-corrected chi connectivity index (χ3v) is 3.53. The number of anilines is 1. The van der Waals surface area contributed by atoms with Crippen molar-refractivity contribution in [1.82, 2.24) is 4.90 Å². The molecule has 0 bridgehead atoms. The highest BCUT2D eigenvalue weighted by molar-refractivity contribution is 5.58. The molecule has 0 aromatic heterocycles. The molecule has 4 heteroatoms. The molecule has 0 aliphatic carbocycles. The van der Waals surface area contributed by atoms with E-state index in [4.69, 9.17) is 10.00 Å². The highest BCUT2D eigenvalue weighted by Gasteiger charge is 2.25. The molecule has 0 amide bonds. The van der Waals surface area contributed by atoms with Gasteiger partial charge in [0.25, 0.3) is 0 Å². The molecule has 0 N–H and O–H groups in total. The molecule has 1 aromatic carbocycles. The van der Waals surface area contributed by atoms with Crippen molar-refractivity contribution < 1.29 is 4.74 Å². The Morgan fingerprint density at radius 2 is 2.17 bits per heavy atom. The highest BCUT2D eigenvalue weighted by Crippen LogP contribution is 2.29. The van der Waals surface area contributed by atoms with Crippen LogP contribution >= 0.6 is 0 Å². The summed E-state index contributed by atoms with van der Waals surface area (Å²) in [5, 5.41) is 8.87. The normalized spacial score (nSPS) is 20.5. The minimum atomic E-state index is 0.300. The van der Waals surface area contributed by atoms with Crippen LogP contribution in [0.15, 0.2) is 24.3 Å². The number of benzene rings is 1. The molecule has 1 aliphatic heterocycles. The summed E-state index contributed by atoms with van der Waals surface area (Å²) in [5.74, 6) is 0.901. The summed E-state index contributed by atoms with van der Waals surface area (Å²) in [6.45, 7) is 2.83. The second-order valence-electron chi connectivity index (χ2n) is 4.61. The fraction of sp³-hybridized carbons (Fsp3) is 0.500. The molecule has 0 spiro atoms. The Balaban J connectivity index is 2.16. The number of hydrogen-bond acceptors (Lipinski definition) is 4. The van der Waals surface area contributed by atoms with Crippen molar-refractivity contribution in [2.45, 2.75) is 12.5 Å². The van der Waals surface area contributed by atoms with E-state index in [9.17, 15) is 0 Å². The molecule has 0 radical (unpaired) electrons. The monoisotopic (exact) mass is 245 g/mol. The van der Waals surface area contributed by atoms with Gasteiger partial charge in [0.1, 0.15) is 5.75 Å². The lowest BCUT2D eigenvalue weighted by atomic mass is 10.1. The van der Waals surface area contributed by atoms with Crippen molar-refractivity contribution in [2.24, 2.45) is 0 Å². The molecule has 18 heavy (non-hydrogen) atoms. The van der Waals surface area contributed by atoms with Gasteiger partial charge in [-0.05, 0) is 19.2 Å². The summed E-state index contributed by atoms with van der Waals surface area (Å²) in [7, 11) is 3.78. The molecule has 1 fully saturated rings. The van der Waals surface area contributed by atoms with E-state index >= 15 is 0 Å². The summed E-state index contributed by atoms with van der Waals surface area (Å²) in [6, 6.07) is 10.6. The number of ether oxygens (including phenoxy) is 1. The molecule has 1 heterocycles. The molecular weight excluding hydrogens is 226 g/mol. The summed E-state index contributed by atoms with van der Waals surface area (Å²) in [5.41, 5.74) is 1.12. The molecular formula is C14H19N3O. The van der Waals surface area contributed by atoms with E-state index < -0.39 is 0 Å². The average molecular weight is 245 g/mol. The Bertz CT molecular complexity index is 441. The van der Waals surface area contributed by atoms with E-state index in [1.165, 1.54) is 0 Å². The quantitative estimate of drug-likeness (QED) is 0.813. The maximum atomic E-state index is 8.87. The van der Waals surface area contributed by atoms with E-state index in [1.54, 1.807) is 7.11 Å². The fourth-order valence-corrected chi connectivity index (χ4v) is 2.38. The number of likely N-dealkylation sites (N-methyl/N-ethyl adjacent to an activating group) is 1. The van der Waals surface area contributed by atoms with Gasteiger partial charge < -0.3 is 9.64 Å². The summed E-state index contributed by atoms with van der Waals surface area (Å²) in [6.07, 6.45) is 0.572. The van der Waals surface area contributed by atoms with Gasteiger partial charge in [0.05, 0.1) is 25.3 Å². The predicted molar refractivity (Wildman–Crippen MR) is 71.9 cm³/mol. The molecule has 1 saturated heterocycles. The molecule has 1 atom stereocenters. The first-order valence-electron chi connectivity index (χ1n) is 6.21. The number of nitriles is 1. The van der Waals surface area contributed by atoms with Crippen molar-refractivity contribution in [3.63, 3.8) is 0 Å². The van der Waals surface area contributed by atoms with Crippen LogP contribution < -0.4 is 9.64 Å². The lowest BCUT2D eigenvalue weighted by Crippen LogP contribution is -2.51. The number of nitrogens with zero attached hydrogens (tertiary/aromatic N) is 3. The molecule has 2 rings (SSSR count). The maximum Gasteiger partial charge on any atom is 0.142 e. The number of rotatable bonds is 3. The van der Waals surface area contributed by atoms with E-state index in [1.807, 2.05) is 18.2 Å².